The van der Waals surface area contributed by atoms with Gasteiger partial charge in [-0.25, -0.2) is 5.43 Å². The summed E-state index contributed by atoms with van der Waals surface area (Å²) in [5.74, 6) is 2.77. The molecule has 3 fully saturated rings. The maximum absolute atomic E-state index is 9.74. The van der Waals surface area contributed by atoms with Crippen molar-refractivity contribution in [3.8, 4) is 0 Å². The van der Waals surface area contributed by atoms with Crippen LogP contribution in [0.15, 0.2) is 0 Å². The van der Waals surface area contributed by atoms with Crippen molar-refractivity contribution in [2.75, 3.05) is 7.11 Å². The molecule has 3 aliphatic rings. The Morgan fingerprint density at radius 2 is 1.68 bits per heavy atom. The zero-order chi connectivity index (χ0) is 13.2. The smallest absolute Gasteiger partial charge is 0.170 e. The van der Waals surface area contributed by atoms with Crippen molar-refractivity contribution in [2.45, 2.75) is 69.7 Å². The Morgan fingerprint density at radius 3 is 2.47 bits per heavy atom. The van der Waals surface area contributed by atoms with Crippen molar-refractivity contribution in [1.29, 1.82) is 0 Å². The first kappa shape index (κ1) is 13.8. The third-order valence-electron chi connectivity index (χ3n) is 5.70. The van der Waals surface area contributed by atoms with Crippen LogP contribution in [0.2, 0.25) is 0 Å². The van der Waals surface area contributed by atoms with Gasteiger partial charge in [0, 0.05) is 13.2 Å². The van der Waals surface area contributed by atoms with Crippen molar-refractivity contribution in [3.63, 3.8) is 0 Å². The molecule has 0 spiro atoms. The first-order valence-corrected chi connectivity index (χ1v) is 8.00. The second-order valence-electron chi connectivity index (χ2n) is 6.74. The van der Waals surface area contributed by atoms with E-state index in [1.165, 1.54) is 44.9 Å². The molecule has 19 heavy (non-hydrogen) atoms. The van der Waals surface area contributed by atoms with Crippen molar-refractivity contribution >= 4 is 0 Å². The van der Waals surface area contributed by atoms with Crippen LogP contribution in [0.4, 0.5) is 0 Å². The molecule has 0 aromatic carbocycles. The highest BCUT2D eigenvalue weighted by molar-refractivity contribution is 4.92. The fourth-order valence-corrected chi connectivity index (χ4v) is 4.54. The lowest BCUT2D eigenvalue weighted by atomic mass is 9.66. The molecular weight excluding hydrogens is 240 g/mol. The molecule has 3 N–H and O–H groups in total. The number of rotatable bonds is 3. The monoisotopic (exact) mass is 268 g/mol. The molecule has 2 saturated carbocycles. The number of hydrogen-bond donors (Lipinski definition) is 3. The molecule has 4 heteroatoms. The van der Waals surface area contributed by atoms with E-state index in [9.17, 15) is 5.11 Å². The van der Waals surface area contributed by atoms with Gasteiger partial charge in [0.1, 0.15) is 0 Å². The molecule has 0 amide bonds. The van der Waals surface area contributed by atoms with Crippen LogP contribution in [0, 0.1) is 17.8 Å². The summed E-state index contributed by atoms with van der Waals surface area (Å²) in [4.78, 5) is 0. The van der Waals surface area contributed by atoms with E-state index >= 15 is 0 Å². The van der Waals surface area contributed by atoms with Crippen LogP contribution < -0.4 is 10.9 Å². The maximum atomic E-state index is 9.74. The van der Waals surface area contributed by atoms with Crippen LogP contribution in [-0.2, 0) is 4.74 Å². The molecule has 0 bridgehead atoms. The van der Waals surface area contributed by atoms with Gasteiger partial charge >= 0.3 is 0 Å². The van der Waals surface area contributed by atoms with Gasteiger partial charge in [-0.2, -0.15) is 0 Å². The average Bonchev–Trinajstić information content (AvgIpc) is 2.95. The Balaban J connectivity index is 1.53. The van der Waals surface area contributed by atoms with Crippen LogP contribution in [0.25, 0.3) is 0 Å². The van der Waals surface area contributed by atoms with E-state index in [0.29, 0.717) is 6.04 Å². The Morgan fingerprint density at radius 1 is 0.947 bits per heavy atom. The van der Waals surface area contributed by atoms with E-state index in [2.05, 4.69) is 10.9 Å². The van der Waals surface area contributed by atoms with Gasteiger partial charge in [-0.3, -0.25) is 5.43 Å². The summed E-state index contributed by atoms with van der Waals surface area (Å²) < 4.78 is 5.01. The molecular formula is C15H28N2O2. The number of fused-ring (bicyclic) bond motifs is 1. The molecule has 1 heterocycles. The van der Waals surface area contributed by atoms with Crippen LogP contribution in [-0.4, -0.2) is 30.6 Å². The first-order valence-electron chi connectivity index (χ1n) is 8.00. The summed E-state index contributed by atoms with van der Waals surface area (Å²) in [6, 6.07) is 0.553. The van der Waals surface area contributed by atoms with Crippen molar-refractivity contribution in [2.24, 2.45) is 17.8 Å². The van der Waals surface area contributed by atoms with Gasteiger partial charge in [0.25, 0.3) is 0 Å². The largest absolute Gasteiger partial charge is 0.367 e. The van der Waals surface area contributed by atoms with Crippen molar-refractivity contribution < 1.29 is 9.84 Å². The highest BCUT2D eigenvalue weighted by Crippen LogP contribution is 2.44. The van der Waals surface area contributed by atoms with Crippen molar-refractivity contribution in [3.05, 3.63) is 0 Å². The van der Waals surface area contributed by atoms with Gasteiger partial charge in [-0.15, -0.1) is 0 Å². The minimum atomic E-state index is -0.691. The second kappa shape index (κ2) is 6.08. The van der Waals surface area contributed by atoms with Gasteiger partial charge in [0.2, 0.25) is 0 Å². The number of hydrazine groups is 1. The molecule has 0 aromatic rings. The Bertz CT molecular complexity index is 300. The van der Waals surface area contributed by atoms with Gasteiger partial charge in [-0.1, -0.05) is 25.7 Å². The normalized spacial score (nSPS) is 44.8. The lowest BCUT2D eigenvalue weighted by Gasteiger charge is -2.41. The third kappa shape index (κ3) is 2.97. The first-order chi connectivity index (χ1) is 9.28. The number of ether oxygens (including phenoxy) is 1. The van der Waals surface area contributed by atoms with Gasteiger partial charge in [0.15, 0.2) is 6.29 Å². The number of aliphatic hydroxyl groups is 1. The van der Waals surface area contributed by atoms with E-state index in [1.54, 1.807) is 7.11 Å². The van der Waals surface area contributed by atoms with Crippen LogP contribution in [0.1, 0.15) is 51.4 Å². The molecule has 2 aliphatic carbocycles. The van der Waals surface area contributed by atoms with Crippen LogP contribution in [0.3, 0.4) is 0 Å². The molecule has 1 saturated heterocycles. The maximum Gasteiger partial charge on any atom is 0.170 e. The molecule has 0 radical (unpaired) electrons. The number of nitrogens with one attached hydrogen (secondary N) is 2. The average molecular weight is 268 g/mol. The Labute approximate surface area is 116 Å². The molecule has 4 nitrogen and oxygen atoms in total. The summed E-state index contributed by atoms with van der Waals surface area (Å²) in [5, 5.41) is 9.74. The SMILES string of the molecule is COC(O)C1CC(C2CCC3CCCCC3C2)NN1. The molecule has 110 valence electrons. The van der Waals surface area contributed by atoms with Gasteiger partial charge in [-0.05, 0) is 43.4 Å². The minimum Gasteiger partial charge on any atom is -0.367 e. The molecule has 0 aromatic heterocycles. The minimum absolute atomic E-state index is 0.0408. The standard InChI is InChI=1S/C15H28N2O2/c1-19-15(18)14-9-13(16-17-14)12-7-6-10-4-2-3-5-11(10)8-12/h10-18H,2-9H2,1H3. The van der Waals surface area contributed by atoms with Gasteiger partial charge < -0.3 is 9.84 Å². The van der Waals surface area contributed by atoms with E-state index in [0.717, 1.165) is 24.2 Å². The van der Waals surface area contributed by atoms with Crippen LogP contribution >= 0.6 is 0 Å². The molecule has 3 rings (SSSR count). The third-order valence-corrected chi connectivity index (χ3v) is 5.70. The number of methoxy groups -OCH3 is 1. The highest BCUT2D eigenvalue weighted by Gasteiger charge is 2.39. The quantitative estimate of drug-likeness (QED) is 0.683. The van der Waals surface area contributed by atoms with E-state index in [4.69, 9.17) is 4.74 Å². The predicted molar refractivity (Wildman–Crippen MR) is 74.3 cm³/mol. The fourth-order valence-electron chi connectivity index (χ4n) is 4.54. The van der Waals surface area contributed by atoms with Crippen molar-refractivity contribution in [1.82, 2.24) is 10.9 Å². The zero-order valence-corrected chi connectivity index (χ0v) is 12.0. The second-order valence-corrected chi connectivity index (χ2v) is 6.74. The van der Waals surface area contributed by atoms with E-state index in [1.807, 2.05) is 0 Å². The summed E-state index contributed by atoms with van der Waals surface area (Å²) in [6.45, 7) is 0. The number of hydrogen-bond acceptors (Lipinski definition) is 4. The fraction of sp³-hybridized carbons (Fsp3) is 1.00. The summed E-state index contributed by atoms with van der Waals surface area (Å²) in [5.41, 5.74) is 6.60. The summed E-state index contributed by atoms with van der Waals surface area (Å²) in [7, 11) is 1.56. The van der Waals surface area contributed by atoms with Gasteiger partial charge in [0.05, 0.1) is 6.04 Å². The summed E-state index contributed by atoms with van der Waals surface area (Å²) >= 11 is 0. The Hall–Kier alpha value is -0.160. The van der Waals surface area contributed by atoms with E-state index in [-0.39, 0.29) is 6.04 Å². The molecule has 1 aliphatic heterocycles. The number of aliphatic hydroxyl groups excluding tert-OH is 1. The summed E-state index contributed by atoms with van der Waals surface area (Å²) in [6.07, 6.45) is 10.3. The predicted octanol–water partition coefficient (Wildman–Crippen LogP) is 1.79. The lowest BCUT2D eigenvalue weighted by molar-refractivity contribution is -0.0944. The zero-order valence-electron chi connectivity index (χ0n) is 12.0. The molecule has 6 atom stereocenters. The topological polar surface area (TPSA) is 53.5 Å². The highest BCUT2D eigenvalue weighted by atomic mass is 16.6. The van der Waals surface area contributed by atoms with Crippen LogP contribution in [0.5, 0.6) is 0 Å². The Kier molecular flexibility index (Phi) is 4.42. The lowest BCUT2D eigenvalue weighted by Crippen LogP contribution is -2.42. The molecule has 6 unspecified atom stereocenters. The van der Waals surface area contributed by atoms with E-state index < -0.39 is 6.29 Å².